The lowest BCUT2D eigenvalue weighted by molar-refractivity contribution is 0.510. The minimum absolute atomic E-state index is 0.482. The van der Waals surface area contributed by atoms with Gasteiger partial charge in [0.25, 0.3) is 0 Å². The van der Waals surface area contributed by atoms with Crippen LogP contribution in [0.15, 0.2) is 54.6 Å². The molecule has 4 aromatic rings. The molecule has 0 spiro atoms. The quantitative estimate of drug-likeness (QED) is 0.428. The number of aromatic nitrogens is 2. The predicted molar refractivity (Wildman–Crippen MR) is 101 cm³/mol. The maximum atomic E-state index is 13.2. The van der Waals surface area contributed by atoms with E-state index in [4.69, 9.17) is 0 Å². The summed E-state index contributed by atoms with van der Waals surface area (Å²) in [5, 5.41) is 2.56. The smallest absolute Gasteiger partial charge is 0.161 e. The lowest BCUT2D eigenvalue weighted by atomic mass is 10.0. The molecule has 0 fully saturated rings. The van der Waals surface area contributed by atoms with Crippen molar-refractivity contribution in [2.45, 2.75) is 32.1 Å². The highest BCUT2D eigenvalue weighted by molar-refractivity contribution is 5.83. The number of halogens is 2. The van der Waals surface area contributed by atoms with Gasteiger partial charge in [-0.15, -0.1) is 0 Å². The molecule has 3 aromatic carbocycles. The van der Waals surface area contributed by atoms with Gasteiger partial charge in [-0.3, -0.25) is 0 Å². The molecule has 1 heterocycles. The molecule has 0 aliphatic rings. The van der Waals surface area contributed by atoms with Gasteiger partial charge in [0.15, 0.2) is 11.6 Å². The highest BCUT2D eigenvalue weighted by Gasteiger charge is 2.08. The molecule has 1 N–H and O–H groups in total. The van der Waals surface area contributed by atoms with Crippen molar-refractivity contribution in [3.05, 3.63) is 77.6 Å². The molecule has 132 valence electrons. The third-order valence-corrected chi connectivity index (χ3v) is 4.77. The number of nitrogens with zero attached hydrogens (tertiary/aromatic N) is 1. The minimum atomic E-state index is -0.856. The number of hydrogen-bond donors (Lipinski definition) is 1. The van der Waals surface area contributed by atoms with E-state index in [1.54, 1.807) is 0 Å². The Labute approximate surface area is 150 Å². The Morgan fingerprint density at radius 3 is 2.42 bits per heavy atom. The first-order valence-electron chi connectivity index (χ1n) is 9.00. The van der Waals surface area contributed by atoms with Gasteiger partial charge < -0.3 is 4.98 Å². The Bertz CT molecular complexity index is 1010. The van der Waals surface area contributed by atoms with Crippen LogP contribution in [0.3, 0.4) is 0 Å². The average molecular weight is 350 g/mol. The van der Waals surface area contributed by atoms with Gasteiger partial charge in [-0.1, -0.05) is 48.9 Å². The number of unbranched alkanes of at least 4 members (excludes halogenated alkanes) is 2. The topological polar surface area (TPSA) is 28.7 Å². The van der Waals surface area contributed by atoms with Gasteiger partial charge >= 0.3 is 0 Å². The summed E-state index contributed by atoms with van der Waals surface area (Å²) < 4.78 is 26.5. The van der Waals surface area contributed by atoms with Crippen molar-refractivity contribution in [3.8, 4) is 0 Å². The highest BCUT2D eigenvalue weighted by atomic mass is 19.2. The van der Waals surface area contributed by atoms with E-state index in [0.29, 0.717) is 11.0 Å². The molecule has 4 heteroatoms. The molecule has 0 saturated carbocycles. The molecule has 0 unspecified atom stereocenters. The fourth-order valence-electron chi connectivity index (χ4n) is 3.37. The van der Waals surface area contributed by atoms with Crippen molar-refractivity contribution in [2.75, 3.05) is 0 Å². The van der Waals surface area contributed by atoms with Crippen molar-refractivity contribution in [1.82, 2.24) is 9.97 Å². The maximum Gasteiger partial charge on any atom is 0.161 e. The minimum Gasteiger partial charge on any atom is -0.342 e. The summed E-state index contributed by atoms with van der Waals surface area (Å²) >= 11 is 0. The summed E-state index contributed by atoms with van der Waals surface area (Å²) in [7, 11) is 0. The number of benzene rings is 3. The summed E-state index contributed by atoms with van der Waals surface area (Å²) in [6.07, 6.45) is 5.05. The first kappa shape index (κ1) is 16.7. The van der Waals surface area contributed by atoms with E-state index >= 15 is 0 Å². The van der Waals surface area contributed by atoms with Crippen LogP contribution in [0.1, 0.15) is 30.7 Å². The van der Waals surface area contributed by atoms with Crippen LogP contribution in [0.4, 0.5) is 8.78 Å². The fraction of sp³-hybridized carbons (Fsp3) is 0.227. The summed E-state index contributed by atoms with van der Waals surface area (Å²) in [6, 6.07) is 17.3. The number of imidazole rings is 1. The molecule has 0 saturated heterocycles. The summed E-state index contributed by atoms with van der Waals surface area (Å²) in [6.45, 7) is 0. The predicted octanol–water partition coefficient (Wildman–Crippen LogP) is 5.95. The van der Waals surface area contributed by atoms with E-state index in [2.05, 4.69) is 52.4 Å². The first-order valence-corrected chi connectivity index (χ1v) is 9.00. The van der Waals surface area contributed by atoms with Crippen LogP contribution in [0.2, 0.25) is 0 Å². The monoisotopic (exact) mass is 350 g/mol. The lowest BCUT2D eigenvalue weighted by Crippen LogP contribution is -1.90. The van der Waals surface area contributed by atoms with Crippen molar-refractivity contribution >= 4 is 21.8 Å². The SMILES string of the molecule is Fc1cc2nc(CCCCCc3ccc4ccccc4c3)[nH]c2cc1F. The Morgan fingerprint density at radius 2 is 1.54 bits per heavy atom. The number of fused-ring (bicyclic) bond motifs is 2. The second-order valence-electron chi connectivity index (χ2n) is 6.71. The summed E-state index contributed by atoms with van der Waals surface area (Å²) in [5.74, 6) is -0.912. The van der Waals surface area contributed by atoms with Crippen LogP contribution in [-0.2, 0) is 12.8 Å². The van der Waals surface area contributed by atoms with Crippen molar-refractivity contribution in [1.29, 1.82) is 0 Å². The molecule has 26 heavy (non-hydrogen) atoms. The van der Waals surface area contributed by atoms with Crippen LogP contribution < -0.4 is 0 Å². The summed E-state index contributed by atoms with van der Waals surface area (Å²) in [5.41, 5.74) is 2.39. The first-order chi connectivity index (χ1) is 12.7. The van der Waals surface area contributed by atoms with Crippen molar-refractivity contribution < 1.29 is 8.78 Å². The molecule has 1 aromatic heterocycles. The van der Waals surface area contributed by atoms with Crippen LogP contribution in [-0.4, -0.2) is 9.97 Å². The molecule has 0 bridgehead atoms. The van der Waals surface area contributed by atoms with Crippen LogP contribution in [0.5, 0.6) is 0 Å². The van der Waals surface area contributed by atoms with Gasteiger partial charge in [-0.2, -0.15) is 0 Å². The number of nitrogens with one attached hydrogen (secondary N) is 1. The largest absolute Gasteiger partial charge is 0.342 e. The van der Waals surface area contributed by atoms with Crippen LogP contribution in [0.25, 0.3) is 21.8 Å². The molecule has 0 aliphatic carbocycles. The molecular formula is C22H20F2N2. The van der Waals surface area contributed by atoms with Crippen LogP contribution in [0, 0.1) is 11.6 Å². The standard InChI is InChI=1S/C22H20F2N2/c23-18-13-20-21(14-19(18)24)26-22(25-20)9-3-1-2-6-15-10-11-16-7-4-5-8-17(16)12-15/h4-5,7-8,10-14H,1-3,6,9H2,(H,25,26). The van der Waals surface area contributed by atoms with Gasteiger partial charge in [0.05, 0.1) is 11.0 Å². The van der Waals surface area contributed by atoms with E-state index in [-0.39, 0.29) is 0 Å². The number of aryl methyl sites for hydroxylation is 2. The molecule has 4 rings (SSSR count). The number of H-pyrrole nitrogens is 1. The van der Waals surface area contributed by atoms with E-state index < -0.39 is 11.6 Å². The van der Waals surface area contributed by atoms with E-state index in [1.165, 1.54) is 22.4 Å². The second kappa shape index (κ2) is 7.24. The van der Waals surface area contributed by atoms with E-state index in [1.807, 2.05) is 0 Å². The third kappa shape index (κ3) is 3.59. The number of aromatic amines is 1. The molecule has 0 radical (unpaired) electrons. The molecule has 0 amide bonds. The van der Waals surface area contributed by atoms with Gasteiger partial charge in [-0.05, 0) is 35.6 Å². The Hall–Kier alpha value is -2.75. The zero-order valence-electron chi connectivity index (χ0n) is 14.4. The van der Waals surface area contributed by atoms with E-state index in [0.717, 1.165) is 44.0 Å². The van der Waals surface area contributed by atoms with Crippen LogP contribution >= 0.6 is 0 Å². The zero-order chi connectivity index (χ0) is 17.9. The number of rotatable bonds is 6. The maximum absolute atomic E-state index is 13.2. The molecular weight excluding hydrogens is 330 g/mol. The third-order valence-electron chi connectivity index (χ3n) is 4.77. The van der Waals surface area contributed by atoms with Gasteiger partial charge in [0.2, 0.25) is 0 Å². The van der Waals surface area contributed by atoms with E-state index in [9.17, 15) is 8.78 Å². The summed E-state index contributed by atoms with van der Waals surface area (Å²) in [4.78, 5) is 7.42. The fourth-order valence-corrected chi connectivity index (χ4v) is 3.37. The lowest BCUT2D eigenvalue weighted by Gasteiger charge is -2.04. The zero-order valence-corrected chi connectivity index (χ0v) is 14.4. The van der Waals surface area contributed by atoms with Gasteiger partial charge in [-0.25, -0.2) is 13.8 Å². The highest BCUT2D eigenvalue weighted by Crippen LogP contribution is 2.19. The Kier molecular flexibility index (Phi) is 4.65. The molecule has 0 atom stereocenters. The second-order valence-corrected chi connectivity index (χ2v) is 6.71. The van der Waals surface area contributed by atoms with Gasteiger partial charge in [0, 0.05) is 18.6 Å². The van der Waals surface area contributed by atoms with Crippen molar-refractivity contribution in [2.24, 2.45) is 0 Å². The average Bonchev–Trinajstić information content (AvgIpc) is 3.03. The molecule has 0 aliphatic heterocycles. The normalized spacial score (nSPS) is 11.5. The van der Waals surface area contributed by atoms with Crippen molar-refractivity contribution in [3.63, 3.8) is 0 Å². The van der Waals surface area contributed by atoms with Gasteiger partial charge in [0.1, 0.15) is 5.82 Å². The Morgan fingerprint density at radius 1 is 0.769 bits per heavy atom. The Balaban J connectivity index is 1.29. The number of hydrogen-bond acceptors (Lipinski definition) is 1. The molecule has 2 nitrogen and oxygen atoms in total.